The molecule has 1 saturated heterocycles. The van der Waals surface area contributed by atoms with E-state index >= 15 is 0 Å². The summed E-state index contributed by atoms with van der Waals surface area (Å²) in [6.07, 6.45) is 0.695. The van der Waals surface area contributed by atoms with E-state index in [9.17, 15) is 4.79 Å². The first-order chi connectivity index (χ1) is 7.69. The molecule has 0 amide bonds. The van der Waals surface area contributed by atoms with Crippen LogP contribution in [0, 0.1) is 0 Å². The van der Waals surface area contributed by atoms with E-state index in [1.807, 2.05) is 44.2 Å². The van der Waals surface area contributed by atoms with Crippen molar-refractivity contribution in [1.29, 1.82) is 0 Å². The fourth-order valence-corrected chi connectivity index (χ4v) is 2.22. The molecular formula is C13H17NO2. The highest BCUT2D eigenvalue weighted by Crippen LogP contribution is 2.29. The summed E-state index contributed by atoms with van der Waals surface area (Å²) in [7, 11) is 0. The molecule has 0 spiro atoms. The van der Waals surface area contributed by atoms with Crippen molar-refractivity contribution in [3.8, 4) is 0 Å². The third-order valence-corrected chi connectivity index (χ3v) is 3.10. The Bertz CT molecular complexity index is 377. The van der Waals surface area contributed by atoms with Crippen LogP contribution in [0.25, 0.3) is 0 Å². The lowest BCUT2D eigenvalue weighted by molar-refractivity contribution is -0.159. The van der Waals surface area contributed by atoms with E-state index in [0.717, 1.165) is 5.56 Å². The topological polar surface area (TPSA) is 38.3 Å². The number of benzene rings is 1. The summed E-state index contributed by atoms with van der Waals surface area (Å²) in [6, 6.07) is 9.97. The predicted molar refractivity (Wildman–Crippen MR) is 62.0 cm³/mol. The van der Waals surface area contributed by atoms with Crippen molar-refractivity contribution >= 4 is 5.97 Å². The van der Waals surface area contributed by atoms with Gasteiger partial charge in [-0.3, -0.25) is 5.32 Å². The monoisotopic (exact) mass is 219 g/mol. The van der Waals surface area contributed by atoms with Crippen LogP contribution in [0.1, 0.15) is 25.8 Å². The Morgan fingerprint density at radius 3 is 2.75 bits per heavy atom. The zero-order valence-electron chi connectivity index (χ0n) is 9.69. The highest BCUT2D eigenvalue weighted by atomic mass is 16.5. The van der Waals surface area contributed by atoms with E-state index in [2.05, 4.69) is 5.32 Å². The van der Waals surface area contributed by atoms with E-state index in [4.69, 9.17) is 4.74 Å². The fraction of sp³-hybridized carbons (Fsp3) is 0.462. The van der Waals surface area contributed by atoms with Gasteiger partial charge in [-0.05, 0) is 18.9 Å². The first-order valence-corrected chi connectivity index (χ1v) is 5.69. The van der Waals surface area contributed by atoms with Crippen LogP contribution >= 0.6 is 0 Å². The van der Waals surface area contributed by atoms with Gasteiger partial charge < -0.3 is 4.74 Å². The van der Waals surface area contributed by atoms with Crippen molar-refractivity contribution in [3.63, 3.8) is 0 Å². The summed E-state index contributed by atoms with van der Waals surface area (Å²) < 4.78 is 5.25. The number of ether oxygens (including phenoxy) is 1. The van der Waals surface area contributed by atoms with Crippen molar-refractivity contribution in [3.05, 3.63) is 35.9 Å². The van der Waals surface area contributed by atoms with Crippen molar-refractivity contribution in [1.82, 2.24) is 5.32 Å². The summed E-state index contributed by atoms with van der Waals surface area (Å²) in [5, 5.41) is 3.37. The standard InChI is InChI=1S/C13H17NO2/c1-3-13(11-7-5-4-6-8-11)12(15)16-9-10(2)14-13/h4-8,10,14H,3,9H2,1-2H3. The Kier molecular flexibility index (Phi) is 2.97. The highest BCUT2D eigenvalue weighted by molar-refractivity contribution is 5.83. The second-order valence-corrected chi connectivity index (χ2v) is 4.27. The third-order valence-electron chi connectivity index (χ3n) is 3.10. The maximum Gasteiger partial charge on any atom is 0.331 e. The van der Waals surface area contributed by atoms with Gasteiger partial charge in [0.15, 0.2) is 0 Å². The van der Waals surface area contributed by atoms with E-state index in [-0.39, 0.29) is 12.0 Å². The largest absolute Gasteiger partial charge is 0.462 e. The average molecular weight is 219 g/mol. The van der Waals surface area contributed by atoms with Gasteiger partial charge in [0.05, 0.1) is 0 Å². The first-order valence-electron chi connectivity index (χ1n) is 5.69. The molecule has 1 N–H and O–H groups in total. The van der Waals surface area contributed by atoms with Crippen LogP contribution in [0.2, 0.25) is 0 Å². The van der Waals surface area contributed by atoms with Crippen molar-refractivity contribution in [2.75, 3.05) is 6.61 Å². The van der Waals surface area contributed by atoms with Crippen LogP contribution in [-0.2, 0) is 15.1 Å². The molecule has 86 valence electrons. The quantitative estimate of drug-likeness (QED) is 0.771. The van der Waals surface area contributed by atoms with Crippen LogP contribution in [0.3, 0.4) is 0 Å². The van der Waals surface area contributed by atoms with Crippen molar-refractivity contribution in [2.24, 2.45) is 0 Å². The number of carbonyl (C=O) groups is 1. The smallest absolute Gasteiger partial charge is 0.331 e. The number of hydrogen-bond donors (Lipinski definition) is 1. The first kappa shape index (κ1) is 11.1. The van der Waals surface area contributed by atoms with Gasteiger partial charge in [0.2, 0.25) is 0 Å². The Morgan fingerprint density at radius 1 is 1.44 bits per heavy atom. The number of esters is 1. The maximum absolute atomic E-state index is 12.0. The van der Waals surface area contributed by atoms with E-state index in [1.54, 1.807) is 0 Å². The molecule has 1 aromatic carbocycles. The van der Waals surface area contributed by atoms with Gasteiger partial charge in [-0.25, -0.2) is 4.79 Å². The molecule has 0 saturated carbocycles. The fourth-order valence-electron chi connectivity index (χ4n) is 2.22. The van der Waals surface area contributed by atoms with Crippen LogP contribution in [0.4, 0.5) is 0 Å². The molecule has 3 heteroatoms. The predicted octanol–water partition coefficient (Wildman–Crippen LogP) is 1.83. The minimum Gasteiger partial charge on any atom is -0.462 e. The normalized spacial score (nSPS) is 29.9. The van der Waals surface area contributed by atoms with Gasteiger partial charge in [0.25, 0.3) is 0 Å². The molecule has 1 heterocycles. The molecule has 1 fully saturated rings. The third kappa shape index (κ3) is 1.71. The molecular weight excluding hydrogens is 202 g/mol. The number of rotatable bonds is 2. The molecule has 2 unspecified atom stereocenters. The van der Waals surface area contributed by atoms with Crippen molar-refractivity contribution in [2.45, 2.75) is 31.8 Å². The molecule has 0 bridgehead atoms. The lowest BCUT2D eigenvalue weighted by atomic mass is 9.85. The van der Waals surface area contributed by atoms with Gasteiger partial charge in [0, 0.05) is 6.04 Å². The highest BCUT2D eigenvalue weighted by Gasteiger charge is 2.43. The summed E-state index contributed by atoms with van der Waals surface area (Å²) in [4.78, 5) is 12.0. The molecule has 2 rings (SSSR count). The molecule has 3 nitrogen and oxygen atoms in total. The van der Waals surface area contributed by atoms with Gasteiger partial charge in [0.1, 0.15) is 12.1 Å². The summed E-state index contributed by atoms with van der Waals surface area (Å²) in [5.41, 5.74) is 0.313. The van der Waals surface area contributed by atoms with Gasteiger partial charge in [-0.2, -0.15) is 0 Å². The van der Waals surface area contributed by atoms with Crippen LogP contribution in [0.5, 0.6) is 0 Å². The molecule has 16 heavy (non-hydrogen) atoms. The number of morpholine rings is 1. The second-order valence-electron chi connectivity index (χ2n) is 4.27. The summed E-state index contributed by atoms with van der Waals surface area (Å²) >= 11 is 0. The Labute approximate surface area is 95.8 Å². The molecule has 2 atom stereocenters. The second kappa shape index (κ2) is 4.26. The Morgan fingerprint density at radius 2 is 2.12 bits per heavy atom. The van der Waals surface area contributed by atoms with Crippen molar-refractivity contribution < 1.29 is 9.53 Å². The van der Waals surface area contributed by atoms with Crippen LogP contribution in [0.15, 0.2) is 30.3 Å². The maximum atomic E-state index is 12.0. The minimum atomic E-state index is -0.668. The minimum absolute atomic E-state index is 0.167. The lowest BCUT2D eigenvalue weighted by Gasteiger charge is -2.39. The van der Waals surface area contributed by atoms with E-state index in [1.165, 1.54) is 0 Å². The van der Waals surface area contributed by atoms with Crippen LogP contribution < -0.4 is 5.32 Å². The number of hydrogen-bond acceptors (Lipinski definition) is 3. The number of cyclic esters (lactones) is 1. The number of carbonyl (C=O) groups excluding carboxylic acids is 1. The van der Waals surface area contributed by atoms with E-state index < -0.39 is 5.54 Å². The zero-order chi connectivity index (χ0) is 11.6. The molecule has 1 aromatic rings. The Hall–Kier alpha value is -1.35. The molecule has 1 aliphatic rings. The summed E-state index contributed by atoms with van der Waals surface area (Å²) in [6.45, 7) is 4.48. The molecule has 0 aliphatic carbocycles. The zero-order valence-corrected chi connectivity index (χ0v) is 9.69. The molecule has 1 aliphatic heterocycles. The molecule has 0 aromatic heterocycles. The SMILES string of the molecule is CCC1(c2ccccc2)NC(C)COC1=O. The van der Waals surface area contributed by atoms with Gasteiger partial charge >= 0.3 is 5.97 Å². The lowest BCUT2D eigenvalue weighted by Crippen LogP contribution is -2.58. The molecule has 0 radical (unpaired) electrons. The summed E-state index contributed by atoms with van der Waals surface area (Å²) in [5.74, 6) is -0.167. The van der Waals surface area contributed by atoms with Crippen LogP contribution in [-0.4, -0.2) is 18.6 Å². The number of nitrogens with one attached hydrogen (secondary N) is 1. The average Bonchev–Trinajstić information content (AvgIpc) is 2.33. The van der Waals surface area contributed by atoms with Gasteiger partial charge in [-0.15, -0.1) is 0 Å². The Balaban J connectivity index is 2.41. The van der Waals surface area contributed by atoms with E-state index in [0.29, 0.717) is 13.0 Å². The van der Waals surface area contributed by atoms with Gasteiger partial charge in [-0.1, -0.05) is 37.3 Å².